The summed E-state index contributed by atoms with van der Waals surface area (Å²) in [5, 5.41) is 33.8. The van der Waals surface area contributed by atoms with Crippen molar-refractivity contribution < 1.29 is 29.6 Å². The van der Waals surface area contributed by atoms with Crippen molar-refractivity contribution in [3.8, 4) is 0 Å². The van der Waals surface area contributed by atoms with Gasteiger partial charge in [-0.05, 0) is 36.8 Å². The number of hydrogen-bond donors (Lipinski definition) is 3. The maximum absolute atomic E-state index is 12.9. The summed E-state index contributed by atoms with van der Waals surface area (Å²) < 4.78 is 6.18. The van der Waals surface area contributed by atoms with Gasteiger partial charge in [-0.2, -0.15) is 0 Å². The number of aliphatic hydroxyl groups excluding tert-OH is 1. The summed E-state index contributed by atoms with van der Waals surface area (Å²) in [6.45, 7) is 9.54. The number of unbranched alkanes of at least 4 members (excludes halogenated alkanes) is 2. The van der Waals surface area contributed by atoms with E-state index in [9.17, 15) is 24.9 Å². The zero-order chi connectivity index (χ0) is 23.7. The maximum Gasteiger partial charge on any atom is 0.306 e. The molecule has 4 aliphatic carbocycles. The number of fused-ring (bicyclic) bond motifs is 5. The van der Waals surface area contributed by atoms with Gasteiger partial charge in [0.05, 0.1) is 12.2 Å². The minimum Gasteiger partial charge on any atom is -0.458 e. The Morgan fingerprint density at radius 3 is 2.53 bits per heavy atom. The molecule has 2 fully saturated rings. The van der Waals surface area contributed by atoms with Crippen LogP contribution in [0.25, 0.3) is 0 Å². The molecule has 0 amide bonds. The third kappa shape index (κ3) is 2.95. The van der Waals surface area contributed by atoms with Crippen LogP contribution in [-0.2, 0) is 14.3 Å². The maximum atomic E-state index is 12.9. The molecule has 0 saturated heterocycles. The molecule has 0 aromatic carbocycles. The van der Waals surface area contributed by atoms with Gasteiger partial charge in [0.1, 0.15) is 11.2 Å². The lowest BCUT2D eigenvalue weighted by Crippen LogP contribution is -2.61. The summed E-state index contributed by atoms with van der Waals surface area (Å²) >= 11 is 0. The number of carbonyl (C=O) groups excluding carboxylic acids is 2. The molecule has 178 valence electrons. The highest BCUT2D eigenvalue weighted by molar-refractivity contribution is 6.04. The highest BCUT2D eigenvalue weighted by Crippen LogP contribution is 2.76. The normalized spacial score (nSPS) is 43.9. The van der Waals surface area contributed by atoms with E-state index in [1.165, 1.54) is 0 Å². The molecular formula is C26H38O6. The van der Waals surface area contributed by atoms with Crippen LogP contribution in [0.3, 0.4) is 0 Å². The summed E-state index contributed by atoms with van der Waals surface area (Å²) in [4.78, 5) is 25.7. The molecule has 0 radical (unpaired) electrons. The number of esters is 1. The molecule has 0 heterocycles. The molecule has 0 spiro atoms. The van der Waals surface area contributed by atoms with Gasteiger partial charge in [-0.3, -0.25) is 9.59 Å². The predicted octanol–water partition coefficient (Wildman–Crippen LogP) is 3.09. The van der Waals surface area contributed by atoms with Crippen molar-refractivity contribution in [2.24, 2.45) is 29.1 Å². The lowest BCUT2D eigenvalue weighted by atomic mass is 9.60. The average Bonchev–Trinajstić information content (AvgIpc) is 3.12. The first kappa shape index (κ1) is 23.7. The van der Waals surface area contributed by atoms with Gasteiger partial charge in [-0.1, -0.05) is 52.7 Å². The third-order valence-electron chi connectivity index (χ3n) is 9.16. The molecule has 0 aromatic heterocycles. The fourth-order valence-electron chi connectivity index (χ4n) is 7.37. The third-order valence-corrected chi connectivity index (χ3v) is 9.16. The number of hydrogen-bond acceptors (Lipinski definition) is 6. The van der Waals surface area contributed by atoms with E-state index in [4.69, 9.17) is 4.74 Å². The number of carbonyl (C=O) groups is 2. The zero-order valence-electron chi connectivity index (χ0n) is 20.0. The van der Waals surface area contributed by atoms with Crippen LogP contribution in [0, 0.1) is 29.1 Å². The Bertz CT molecular complexity index is 887. The number of ketones is 1. The second-order valence-electron chi connectivity index (χ2n) is 11.3. The van der Waals surface area contributed by atoms with E-state index >= 15 is 0 Å². The lowest BCUT2D eigenvalue weighted by Gasteiger charge is -2.50. The van der Waals surface area contributed by atoms with Crippen molar-refractivity contribution in [1.29, 1.82) is 0 Å². The van der Waals surface area contributed by atoms with Gasteiger partial charge in [0, 0.05) is 36.0 Å². The second-order valence-corrected chi connectivity index (χ2v) is 11.3. The van der Waals surface area contributed by atoms with Crippen molar-refractivity contribution in [2.75, 3.05) is 6.61 Å². The molecule has 0 aliphatic heterocycles. The Hall–Kier alpha value is -1.50. The fourth-order valence-corrected chi connectivity index (χ4v) is 7.37. The van der Waals surface area contributed by atoms with Crippen molar-refractivity contribution in [3.05, 3.63) is 23.3 Å². The first-order valence-electron chi connectivity index (χ1n) is 12.1. The Morgan fingerprint density at radius 2 is 1.91 bits per heavy atom. The first-order valence-corrected chi connectivity index (χ1v) is 12.1. The van der Waals surface area contributed by atoms with Gasteiger partial charge in [0.25, 0.3) is 0 Å². The SMILES string of the molecule is CCCCCC(=O)OC12CC(C)C3(O)C(C=C(CO)CC4(O)C(=O)C(C)=CC43)C1C2(C)C. The number of rotatable bonds is 6. The average molecular weight is 447 g/mol. The van der Waals surface area contributed by atoms with Gasteiger partial charge < -0.3 is 20.1 Å². The monoisotopic (exact) mass is 446 g/mol. The molecule has 7 unspecified atom stereocenters. The van der Waals surface area contributed by atoms with Crippen LogP contribution >= 0.6 is 0 Å². The summed E-state index contributed by atoms with van der Waals surface area (Å²) in [5.74, 6) is -2.26. The molecule has 4 rings (SSSR count). The van der Waals surface area contributed by atoms with Gasteiger partial charge in [-0.15, -0.1) is 0 Å². The highest BCUT2D eigenvalue weighted by atomic mass is 16.6. The number of aliphatic hydroxyl groups is 3. The predicted molar refractivity (Wildman–Crippen MR) is 119 cm³/mol. The number of ether oxygens (including phenoxy) is 1. The molecule has 7 atom stereocenters. The fraction of sp³-hybridized carbons (Fsp3) is 0.769. The van der Waals surface area contributed by atoms with Crippen LogP contribution in [0.5, 0.6) is 0 Å². The second kappa shape index (κ2) is 7.51. The molecule has 2 saturated carbocycles. The largest absolute Gasteiger partial charge is 0.458 e. The topological polar surface area (TPSA) is 104 Å². The summed E-state index contributed by atoms with van der Waals surface area (Å²) in [6.07, 6.45) is 7.27. The van der Waals surface area contributed by atoms with Gasteiger partial charge in [-0.25, -0.2) is 0 Å². The quantitative estimate of drug-likeness (QED) is 0.329. The molecule has 4 aliphatic rings. The van der Waals surface area contributed by atoms with E-state index in [1.807, 2.05) is 13.0 Å². The van der Waals surface area contributed by atoms with Crippen LogP contribution in [0.2, 0.25) is 0 Å². The Kier molecular flexibility index (Phi) is 5.55. The van der Waals surface area contributed by atoms with Gasteiger partial charge in [0.2, 0.25) is 0 Å². The molecular weight excluding hydrogens is 408 g/mol. The summed E-state index contributed by atoms with van der Waals surface area (Å²) in [7, 11) is 0. The van der Waals surface area contributed by atoms with E-state index in [1.54, 1.807) is 13.0 Å². The van der Waals surface area contributed by atoms with Crippen LogP contribution in [0.4, 0.5) is 0 Å². The molecule has 32 heavy (non-hydrogen) atoms. The Labute approximate surface area is 190 Å². The number of Topliss-reactive ketones (excluding diaryl/α,β-unsaturated/α-hetero) is 1. The first-order chi connectivity index (χ1) is 14.9. The summed E-state index contributed by atoms with van der Waals surface area (Å²) in [5.41, 5.74) is -3.19. The van der Waals surface area contributed by atoms with E-state index in [0.29, 0.717) is 24.0 Å². The van der Waals surface area contributed by atoms with Crippen LogP contribution in [0.15, 0.2) is 23.3 Å². The summed E-state index contributed by atoms with van der Waals surface area (Å²) in [6, 6.07) is 0. The lowest BCUT2D eigenvalue weighted by molar-refractivity contribution is -0.187. The van der Waals surface area contributed by atoms with E-state index < -0.39 is 28.6 Å². The molecule has 3 N–H and O–H groups in total. The minimum absolute atomic E-state index is 0.00330. The Balaban J connectivity index is 1.74. The van der Waals surface area contributed by atoms with Crippen LogP contribution in [0.1, 0.15) is 73.1 Å². The molecule has 6 nitrogen and oxygen atoms in total. The van der Waals surface area contributed by atoms with Crippen LogP contribution < -0.4 is 0 Å². The smallest absolute Gasteiger partial charge is 0.306 e. The van der Waals surface area contributed by atoms with Crippen molar-refractivity contribution in [3.63, 3.8) is 0 Å². The minimum atomic E-state index is -1.76. The van der Waals surface area contributed by atoms with Crippen LogP contribution in [-0.4, -0.2) is 50.5 Å². The molecule has 6 heteroatoms. The van der Waals surface area contributed by atoms with Gasteiger partial charge >= 0.3 is 5.97 Å². The molecule has 0 aromatic rings. The standard InChI is InChI=1S/C26H38O6/c1-6-7-8-9-20(28)32-25-12-16(3)26(31)18(21(25)23(25,4)5)11-17(14-27)13-24(30)19(26)10-15(2)22(24)29/h10-11,16,18-19,21,27,30-31H,6-9,12-14H2,1-5H3. The van der Waals surface area contributed by atoms with Gasteiger partial charge in [0.15, 0.2) is 5.78 Å². The zero-order valence-corrected chi connectivity index (χ0v) is 20.0. The van der Waals surface area contributed by atoms with Crippen molar-refractivity contribution in [2.45, 2.75) is 89.9 Å². The van der Waals surface area contributed by atoms with E-state index in [2.05, 4.69) is 20.8 Å². The highest BCUT2D eigenvalue weighted by Gasteiger charge is 2.83. The van der Waals surface area contributed by atoms with E-state index in [-0.39, 0.29) is 42.0 Å². The van der Waals surface area contributed by atoms with E-state index in [0.717, 1.165) is 19.3 Å². The Morgan fingerprint density at radius 1 is 1.22 bits per heavy atom. The molecule has 0 bridgehead atoms. The van der Waals surface area contributed by atoms with Crippen molar-refractivity contribution in [1.82, 2.24) is 0 Å². The van der Waals surface area contributed by atoms with Crippen molar-refractivity contribution >= 4 is 11.8 Å².